The van der Waals surface area contributed by atoms with Gasteiger partial charge < -0.3 is 15.0 Å². The fourth-order valence-electron chi connectivity index (χ4n) is 4.19. The number of thiazole rings is 1. The molecule has 6 nitrogen and oxygen atoms in total. The van der Waals surface area contributed by atoms with E-state index in [2.05, 4.69) is 45.2 Å². The molecule has 180 valence electrons. The van der Waals surface area contributed by atoms with Crippen LogP contribution >= 0.6 is 11.3 Å². The summed E-state index contributed by atoms with van der Waals surface area (Å²) in [5.41, 5.74) is 4.31. The molecular formula is C27H34N4O2S. The Balaban J connectivity index is 1.29. The van der Waals surface area contributed by atoms with Crippen LogP contribution < -0.4 is 10.1 Å². The number of nitrogens with zero attached hydrogens (tertiary/aromatic N) is 3. The third-order valence-corrected chi connectivity index (χ3v) is 7.15. The predicted molar refractivity (Wildman–Crippen MR) is 138 cm³/mol. The van der Waals surface area contributed by atoms with E-state index in [0.717, 1.165) is 61.3 Å². The minimum absolute atomic E-state index is 0.00472. The van der Waals surface area contributed by atoms with Gasteiger partial charge in [0.1, 0.15) is 10.8 Å². The molecule has 0 spiro atoms. The summed E-state index contributed by atoms with van der Waals surface area (Å²) < 4.78 is 5.50. The first-order valence-electron chi connectivity index (χ1n) is 12.1. The topological polar surface area (TPSA) is 57.7 Å². The number of carbonyl (C=O) groups is 1. The number of likely N-dealkylation sites (N-methyl/N-ethyl adjacent to an activating group) is 1. The zero-order chi connectivity index (χ0) is 23.8. The lowest BCUT2D eigenvalue weighted by molar-refractivity contribution is -0.120. The minimum atomic E-state index is -0.00472. The van der Waals surface area contributed by atoms with E-state index in [1.807, 2.05) is 42.6 Å². The zero-order valence-electron chi connectivity index (χ0n) is 20.1. The van der Waals surface area contributed by atoms with Crippen LogP contribution in [0.2, 0.25) is 0 Å². The molecule has 2 heterocycles. The second kappa shape index (κ2) is 12.1. The van der Waals surface area contributed by atoms with Gasteiger partial charge in [0.25, 0.3) is 0 Å². The van der Waals surface area contributed by atoms with Crippen molar-refractivity contribution in [2.24, 2.45) is 0 Å². The summed E-state index contributed by atoms with van der Waals surface area (Å²) in [6.07, 6.45) is 0.286. The molecule has 4 rings (SSSR count). The van der Waals surface area contributed by atoms with Gasteiger partial charge in [-0.1, -0.05) is 31.2 Å². The molecule has 3 aromatic rings. The Kier molecular flexibility index (Phi) is 8.68. The molecular weight excluding hydrogens is 444 g/mol. The smallest absolute Gasteiger partial charge is 0.226 e. The third-order valence-electron chi connectivity index (χ3n) is 6.21. The van der Waals surface area contributed by atoms with Crippen molar-refractivity contribution in [3.8, 4) is 16.3 Å². The summed E-state index contributed by atoms with van der Waals surface area (Å²) >= 11 is 1.56. The average Bonchev–Trinajstić information content (AvgIpc) is 3.33. The number of aromatic nitrogens is 1. The summed E-state index contributed by atoms with van der Waals surface area (Å²) in [4.78, 5) is 22.3. The van der Waals surface area contributed by atoms with Gasteiger partial charge in [-0.3, -0.25) is 9.69 Å². The van der Waals surface area contributed by atoms with E-state index in [1.54, 1.807) is 11.3 Å². The van der Waals surface area contributed by atoms with Gasteiger partial charge in [0.2, 0.25) is 5.91 Å². The highest BCUT2D eigenvalue weighted by molar-refractivity contribution is 7.13. The van der Waals surface area contributed by atoms with E-state index < -0.39 is 0 Å². The molecule has 1 N–H and O–H groups in total. The molecule has 0 aliphatic carbocycles. The molecule has 1 amide bonds. The van der Waals surface area contributed by atoms with Crippen LogP contribution in [0, 0.1) is 0 Å². The summed E-state index contributed by atoms with van der Waals surface area (Å²) in [5, 5.41) is 5.98. The van der Waals surface area contributed by atoms with E-state index in [4.69, 9.17) is 4.74 Å². The van der Waals surface area contributed by atoms with Gasteiger partial charge in [-0.25, -0.2) is 4.98 Å². The molecule has 0 radical (unpaired) electrons. The normalized spacial score (nSPS) is 14.8. The number of piperazine rings is 1. The van der Waals surface area contributed by atoms with Crippen molar-refractivity contribution < 1.29 is 9.53 Å². The lowest BCUT2D eigenvalue weighted by atomic mass is 10.1. The number of ether oxygens (including phenoxy) is 1. The molecule has 1 aliphatic rings. The molecule has 0 bridgehead atoms. The van der Waals surface area contributed by atoms with Crippen LogP contribution in [0.25, 0.3) is 10.6 Å². The van der Waals surface area contributed by atoms with E-state index in [1.165, 1.54) is 11.1 Å². The van der Waals surface area contributed by atoms with Crippen molar-refractivity contribution >= 4 is 17.2 Å². The standard InChI is InChI=1S/C27H34N4O2S/c1-3-30-13-15-31(16-14-30)19-23-8-6-5-7-22(23)18-28-26(32)17-24-20-34-27(29-24)21-9-11-25(12-10-21)33-4-2/h5-12,20H,3-4,13-19H2,1-2H3,(H,28,32). The van der Waals surface area contributed by atoms with Crippen molar-refractivity contribution in [2.45, 2.75) is 33.4 Å². The second-order valence-corrected chi connectivity index (χ2v) is 9.39. The van der Waals surface area contributed by atoms with Crippen LogP contribution in [0.5, 0.6) is 5.75 Å². The Morgan fingerprint density at radius 3 is 2.41 bits per heavy atom. The first-order valence-corrected chi connectivity index (χ1v) is 13.0. The Hall–Kier alpha value is -2.74. The molecule has 1 saturated heterocycles. The van der Waals surface area contributed by atoms with Gasteiger partial charge in [0.15, 0.2) is 0 Å². The van der Waals surface area contributed by atoms with Gasteiger partial charge in [-0.15, -0.1) is 11.3 Å². The van der Waals surface area contributed by atoms with Gasteiger partial charge in [-0.2, -0.15) is 0 Å². The molecule has 0 unspecified atom stereocenters. The first-order chi connectivity index (χ1) is 16.6. The Morgan fingerprint density at radius 1 is 1.00 bits per heavy atom. The van der Waals surface area contributed by atoms with Crippen LogP contribution in [0.1, 0.15) is 30.7 Å². The van der Waals surface area contributed by atoms with E-state index in [0.29, 0.717) is 13.2 Å². The largest absolute Gasteiger partial charge is 0.494 e. The van der Waals surface area contributed by atoms with Gasteiger partial charge >= 0.3 is 0 Å². The lowest BCUT2D eigenvalue weighted by Gasteiger charge is -2.34. The van der Waals surface area contributed by atoms with E-state index >= 15 is 0 Å². The van der Waals surface area contributed by atoms with Crippen LogP contribution in [-0.2, 0) is 24.3 Å². The van der Waals surface area contributed by atoms with Gasteiger partial charge in [-0.05, 0) is 48.9 Å². The molecule has 1 aliphatic heterocycles. The summed E-state index contributed by atoms with van der Waals surface area (Å²) in [6, 6.07) is 16.3. The maximum absolute atomic E-state index is 12.6. The lowest BCUT2D eigenvalue weighted by Crippen LogP contribution is -2.45. The van der Waals surface area contributed by atoms with E-state index in [9.17, 15) is 4.79 Å². The molecule has 2 aromatic carbocycles. The Bertz CT molecular complexity index is 1060. The molecule has 1 fully saturated rings. The third kappa shape index (κ3) is 6.65. The number of amides is 1. The van der Waals surface area contributed by atoms with Crippen molar-refractivity contribution in [2.75, 3.05) is 39.3 Å². The average molecular weight is 479 g/mol. The van der Waals surface area contributed by atoms with Crippen LogP contribution in [0.4, 0.5) is 0 Å². The fraction of sp³-hybridized carbons (Fsp3) is 0.407. The van der Waals surface area contributed by atoms with E-state index in [-0.39, 0.29) is 12.3 Å². The second-order valence-electron chi connectivity index (χ2n) is 8.53. The summed E-state index contributed by atoms with van der Waals surface area (Å²) in [6.45, 7) is 11.9. The highest BCUT2D eigenvalue weighted by Crippen LogP contribution is 2.26. The number of nitrogens with one attached hydrogen (secondary N) is 1. The molecule has 7 heteroatoms. The number of carbonyl (C=O) groups excluding carboxylic acids is 1. The zero-order valence-corrected chi connectivity index (χ0v) is 20.9. The Morgan fingerprint density at radius 2 is 1.71 bits per heavy atom. The molecule has 34 heavy (non-hydrogen) atoms. The van der Waals surface area contributed by atoms with Crippen molar-refractivity contribution in [1.82, 2.24) is 20.1 Å². The van der Waals surface area contributed by atoms with Crippen molar-refractivity contribution in [3.05, 3.63) is 70.7 Å². The number of rotatable bonds is 10. The molecule has 0 atom stereocenters. The summed E-state index contributed by atoms with van der Waals surface area (Å²) in [7, 11) is 0. The highest BCUT2D eigenvalue weighted by atomic mass is 32.1. The van der Waals surface area contributed by atoms with Crippen LogP contribution in [0.15, 0.2) is 53.9 Å². The van der Waals surface area contributed by atoms with Gasteiger partial charge in [0, 0.05) is 50.2 Å². The quantitative estimate of drug-likeness (QED) is 0.473. The maximum atomic E-state index is 12.6. The Labute approximate surface area is 206 Å². The predicted octanol–water partition coefficient (Wildman–Crippen LogP) is 4.21. The maximum Gasteiger partial charge on any atom is 0.226 e. The fourth-order valence-corrected chi connectivity index (χ4v) is 5.02. The monoisotopic (exact) mass is 478 g/mol. The van der Waals surface area contributed by atoms with Gasteiger partial charge in [0.05, 0.1) is 18.7 Å². The first kappa shape index (κ1) is 24.4. The SMILES string of the molecule is CCOc1ccc(-c2nc(CC(=O)NCc3ccccc3CN3CCN(CC)CC3)cs2)cc1. The highest BCUT2D eigenvalue weighted by Gasteiger charge is 2.17. The molecule has 0 saturated carbocycles. The number of hydrogen-bond donors (Lipinski definition) is 1. The van der Waals surface area contributed by atoms with Crippen LogP contribution in [-0.4, -0.2) is 60.0 Å². The number of hydrogen-bond acceptors (Lipinski definition) is 6. The summed E-state index contributed by atoms with van der Waals surface area (Å²) in [5.74, 6) is 0.848. The van der Waals surface area contributed by atoms with Crippen molar-refractivity contribution in [1.29, 1.82) is 0 Å². The molecule has 1 aromatic heterocycles. The van der Waals surface area contributed by atoms with Crippen LogP contribution in [0.3, 0.4) is 0 Å². The van der Waals surface area contributed by atoms with Crippen molar-refractivity contribution in [3.63, 3.8) is 0 Å². The number of benzene rings is 2. The minimum Gasteiger partial charge on any atom is -0.494 e.